The summed E-state index contributed by atoms with van der Waals surface area (Å²) in [5, 5.41) is 19.2. The van der Waals surface area contributed by atoms with Crippen molar-refractivity contribution in [2.75, 3.05) is 0 Å². The molecule has 0 aliphatic heterocycles. The highest BCUT2D eigenvalue weighted by Gasteiger charge is 2.25. The number of carbonyl (C=O) groups excluding carboxylic acids is 2. The normalized spacial score (nSPS) is 12.6. The van der Waals surface area contributed by atoms with Crippen LogP contribution in [0, 0.1) is 0 Å². The van der Waals surface area contributed by atoms with E-state index in [0.717, 1.165) is 0 Å². The Labute approximate surface area is 188 Å². The van der Waals surface area contributed by atoms with Gasteiger partial charge in [-0.25, -0.2) is 0 Å². The summed E-state index contributed by atoms with van der Waals surface area (Å²) in [5.74, 6) is -5.42. The predicted octanol–water partition coefficient (Wildman–Crippen LogP) is 4.66. The number of halogens is 2. The highest BCUT2D eigenvalue weighted by atomic mass is 35.5. The molecule has 2 atom stereocenters. The van der Waals surface area contributed by atoms with Gasteiger partial charge in [0.05, 0.1) is 25.7 Å². The van der Waals surface area contributed by atoms with Crippen LogP contribution in [-0.2, 0) is 23.9 Å². The Bertz CT molecular complexity index is 862. The van der Waals surface area contributed by atoms with Crippen molar-refractivity contribution in [2.24, 2.45) is 0 Å². The molecular formula is C22H20Cl2O7. The summed E-state index contributed by atoms with van der Waals surface area (Å²) in [4.78, 5) is 46.9. The maximum Gasteiger partial charge on any atom is 0.314 e. The summed E-state index contributed by atoms with van der Waals surface area (Å²) >= 11 is 11.7. The van der Waals surface area contributed by atoms with Crippen LogP contribution in [0.1, 0.15) is 48.6 Å². The van der Waals surface area contributed by atoms with Gasteiger partial charge in [-0.1, -0.05) is 47.5 Å². The van der Waals surface area contributed by atoms with Gasteiger partial charge in [0, 0.05) is 21.9 Å². The summed E-state index contributed by atoms with van der Waals surface area (Å²) in [6.45, 7) is 0. The molecule has 0 heterocycles. The Hall–Kier alpha value is -2.90. The van der Waals surface area contributed by atoms with Crippen LogP contribution in [0.3, 0.4) is 0 Å². The molecule has 7 nitrogen and oxygen atoms in total. The van der Waals surface area contributed by atoms with Crippen LogP contribution in [0.15, 0.2) is 48.5 Å². The van der Waals surface area contributed by atoms with Crippen molar-refractivity contribution in [3.05, 3.63) is 69.7 Å². The number of esters is 2. The molecule has 2 N–H and O–H groups in total. The second kappa shape index (κ2) is 11.5. The molecule has 164 valence electrons. The number of ether oxygens (including phenoxy) is 1. The van der Waals surface area contributed by atoms with Crippen LogP contribution < -0.4 is 0 Å². The molecule has 0 spiro atoms. The number of aliphatic carboxylic acids is 2. The number of carboxylic acid groups (broad SMARTS) is 2. The van der Waals surface area contributed by atoms with E-state index in [1.165, 1.54) is 0 Å². The Balaban J connectivity index is 2.04. The average Bonchev–Trinajstić information content (AvgIpc) is 2.67. The van der Waals surface area contributed by atoms with E-state index in [1.54, 1.807) is 48.5 Å². The third kappa shape index (κ3) is 8.39. The topological polar surface area (TPSA) is 118 Å². The van der Waals surface area contributed by atoms with Gasteiger partial charge in [-0.2, -0.15) is 0 Å². The van der Waals surface area contributed by atoms with E-state index in [9.17, 15) is 19.2 Å². The van der Waals surface area contributed by atoms with Gasteiger partial charge in [0.1, 0.15) is 0 Å². The van der Waals surface area contributed by atoms with Crippen molar-refractivity contribution >= 4 is 47.1 Å². The van der Waals surface area contributed by atoms with Crippen molar-refractivity contribution in [1.29, 1.82) is 0 Å². The molecule has 0 aromatic heterocycles. The first-order valence-electron chi connectivity index (χ1n) is 9.32. The van der Waals surface area contributed by atoms with E-state index in [0.29, 0.717) is 21.2 Å². The average molecular weight is 467 g/mol. The van der Waals surface area contributed by atoms with Gasteiger partial charge in [-0.15, -0.1) is 0 Å². The summed E-state index contributed by atoms with van der Waals surface area (Å²) < 4.78 is 4.85. The lowest BCUT2D eigenvalue weighted by Gasteiger charge is -2.16. The second-order valence-corrected chi connectivity index (χ2v) is 7.82. The van der Waals surface area contributed by atoms with Crippen molar-refractivity contribution in [2.45, 2.75) is 37.5 Å². The van der Waals surface area contributed by atoms with Gasteiger partial charge in [-0.05, 0) is 35.4 Å². The minimum absolute atomic E-state index is 0.329. The first-order valence-corrected chi connectivity index (χ1v) is 10.1. The molecule has 0 amide bonds. The molecule has 31 heavy (non-hydrogen) atoms. The van der Waals surface area contributed by atoms with Crippen molar-refractivity contribution in [3.8, 4) is 0 Å². The second-order valence-electron chi connectivity index (χ2n) is 6.95. The summed E-state index contributed by atoms with van der Waals surface area (Å²) in [7, 11) is 0. The van der Waals surface area contributed by atoms with Gasteiger partial charge in [0.2, 0.25) is 0 Å². The van der Waals surface area contributed by atoms with Crippen LogP contribution in [0.5, 0.6) is 0 Å². The van der Waals surface area contributed by atoms with Crippen LogP contribution in [0.4, 0.5) is 0 Å². The predicted molar refractivity (Wildman–Crippen MR) is 113 cm³/mol. The Morgan fingerprint density at radius 2 is 0.968 bits per heavy atom. The molecule has 0 saturated carbocycles. The van der Waals surface area contributed by atoms with E-state index in [4.69, 9.17) is 38.2 Å². The molecule has 9 heteroatoms. The first kappa shape index (κ1) is 24.4. The molecule has 0 radical (unpaired) electrons. The van der Waals surface area contributed by atoms with Gasteiger partial charge in [0.25, 0.3) is 0 Å². The minimum Gasteiger partial charge on any atom is -0.481 e. The number of carbonyl (C=O) groups is 4. The molecule has 2 aromatic rings. The van der Waals surface area contributed by atoms with Crippen LogP contribution in [0.2, 0.25) is 10.0 Å². The van der Waals surface area contributed by atoms with Gasteiger partial charge in [-0.3, -0.25) is 19.2 Å². The molecule has 0 bridgehead atoms. The largest absolute Gasteiger partial charge is 0.481 e. The van der Waals surface area contributed by atoms with E-state index < -0.39 is 35.7 Å². The quantitative estimate of drug-likeness (QED) is 0.385. The maximum atomic E-state index is 12.3. The molecule has 0 saturated heterocycles. The molecule has 0 fully saturated rings. The monoisotopic (exact) mass is 466 g/mol. The van der Waals surface area contributed by atoms with Crippen LogP contribution >= 0.6 is 23.2 Å². The standard InChI is InChI=1S/C22H20Cl2O7/c23-17-5-1-13(2-6-17)15(9-19(25)26)11-21(29)31-22(30)12-16(10-20(27)28)14-3-7-18(24)8-4-14/h1-8,15-16H,9-12H2,(H,25,26)(H,27,28). The lowest BCUT2D eigenvalue weighted by molar-refractivity contribution is -0.160. The number of benzene rings is 2. The number of rotatable bonds is 10. The summed E-state index contributed by atoms with van der Waals surface area (Å²) in [6.07, 6.45) is -1.33. The van der Waals surface area contributed by atoms with E-state index in [1.807, 2.05) is 0 Å². The van der Waals surface area contributed by atoms with E-state index in [-0.39, 0.29) is 25.7 Å². The number of hydrogen-bond acceptors (Lipinski definition) is 5. The fourth-order valence-electron chi connectivity index (χ4n) is 3.12. The van der Waals surface area contributed by atoms with Gasteiger partial charge in [0.15, 0.2) is 0 Å². The minimum atomic E-state index is -1.11. The fourth-order valence-corrected chi connectivity index (χ4v) is 3.37. The van der Waals surface area contributed by atoms with Crippen molar-refractivity contribution in [1.82, 2.24) is 0 Å². The zero-order chi connectivity index (χ0) is 23.0. The Morgan fingerprint density at radius 1 is 0.645 bits per heavy atom. The fraction of sp³-hybridized carbons (Fsp3) is 0.273. The van der Waals surface area contributed by atoms with Gasteiger partial charge < -0.3 is 14.9 Å². The van der Waals surface area contributed by atoms with Crippen LogP contribution in [-0.4, -0.2) is 34.1 Å². The number of hydrogen-bond donors (Lipinski definition) is 2. The van der Waals surface area contributed by atoms with Crippen molar-refractivity contribution in [3.63, 3.8) is 0 Å². The highest BCUT2D eigenvalue weighted by molar-refractivity contribution is 6.30. The SMILES string of the molecule is O=C(O)CC(CC(=O)OC(=O)CC(CC(=O)O)c1ccc(Cl)cc1)c1ccc(Cl)cc1. The zero-order valence-electron chi connectivity index (χ0n) is 16.3. The maximum absolute atomic E-state index is 12.3. The van der Waals surface area contributed by atoms with E-state index in [2.05, 4.69) is 0 Å². The smallest absolute Gasteiger partial charge is 0.314 e. The summed E-state index contributed by atoms with van der Waals surface area (Å²) in [6, 6.07) is 12.7. The van der Waals surface area contributed by atoms with Crippen molar-refractivity contribution < 1.29 is 34.1 Å². The Kier molecular flexibility index (Phi) is 9.03. The molecular weight excluding hydrogens is 447 g/mol. The lowest BCUT2D eigenvalue weighted by Crippen LogP contribution is -2.19. The van der Waals surface area contributed by atoms with E-state index >= 15 is 0 Å². The Morgan fingerprint density at radius 3 is 1.26 bits per heavy atom. The lowest BCUT2D eigenvalue weighted by atomic mass is 9.92. The molecule has 2 unspecified atom stereocenters. The molecule has 2 aromatic carbocycles. The van der Waals surface area contributed by atoms with Gasteiger partial charge >= 0.3 is 23.9 Å². The highest BCUT2D eigenvalue weighted by Crippen LogP contribution is 2.28. The third-order valence-corrected chi connectivity index (χ3v) is 5.08. The summed E-state index contributed by atoms with van der Waals surface area (Å²) in [5.41, 5.74) is 1.14. The molecule has 2 rings (SSSR count). The molecule has 0 aliphatic carbocycles. The molecule has 0 aliphatic rings. The first-order chi connectivity index (χ1) is 14.6. The third-order valence-electron chi connectivity index (χ3n) is 4.58. The van der Waals surface area contributed by atoms with Crippen LogP contribution in [0.25, 0.3) is 0 Å². The zero-order valence-corrected chi connectivity index (χ0v) is 17.8. The number of carboxylic acids is 2.